The van der Waals surface area contributed by atoms with Crippen LogP contribution in [-0.2, 0) is 10.2 Å². The van der Waals surface area contributed by atoms with E-state index in [0.29, 0.717) is 11.0 Å². The smallest absolute Gasteiger partial charge is 0.309 e. The second-order valence-corrected chi connectivity index (χ2v) is 11.4. The van der Waals surface area contributed by atoms with E-state index in [4.69, 9.17) is 0 Å². The molecular formula is C41H37NO5. The third kappa shape index (κ3) is 7.19. The lowest BCUT2D eigenvalue weighted by Gasteiger charge is -2.37. The molecule has 0 spiro atoms. The molecule has 6 aromatic rings. The van der Waals surface area contributed by atoms with Crippen LogP contribution in [0.5, 0.6) is 17.2 Å². The molecule has 6 rings (SSSR count). The Hall–Kier alpha value is -5.85. The number of hydrogen-bond donors (Lipinski definition) is 3. The van der Waals surface area contributed by atoms with Crippen LogP contribution in [0.15, 0.2) is 164 Å². The molecule has 0 saturated carbocycles. The van der Waals surface area contributed by atoms with Crippen molar-refractivity contribution in [2.75, 3.05) is 6.54 Å². The van der Waals surface area contributed by atoms with Crippen LogP contribution in [0.25, 0.3) is 0 Å². The first-order valence-corrected chi connectivity index (χ1v) is 15.4. The summed E-state index contributed by atoms with van der Waals surface area (Å²) in [4.78, 5) is 11.3. The highest BCUT2D eigenvalue weighted by Crippen LogP contribution is 2.44. The second-order valence-electron chi connectivity index (χ2n) is 11.4. The van der Waals surface area contributed by atoms with Crippen molar-refractivity contribution >= 4 is 23.0 Å². The quantitative estimate of drug-likeness (QED) is 0.111. The van der Waals surface area contributed by atoms with E-state index in [1.807, 2.05) is 91.0 Å². The fourth-order valence-electron chi connectivity index (χ4n) is 6.02. The molecule has 0 atom stereocenters. The van der Waals surface area contributed by atoms with Crippen LogP contribution in [-0.4, -0.2) is 27.8 Å². The molecule has 0 bridgehead atoms. The molecule has 0 unspecified atom stereocenters. The Morgan fingerprint density at radius 1 is 0.553 bits per heavy atom. The van der Waals surface area contributed by atoms with E-state index in [9.17, 15) is 25.2 Å². The Kier molecular flexibility index (Phi) is 10.0. The minimum absolute atomic E-state index is 0.0347. The van der Waals surface area contributed by atoms with E-state index in [1.165, 1.54) is 0 Å². The van der Waals surface area contributed by atoms with Gasteiger partial charge in [-0.3, -0.25) is 4.79 Å². The van der Waals surface area contributed by atoms with Crippen molar-refractivity contribution in [3.63, 3.8) is 0 Å². The molecule has 0 radical (unpaired) electrons. The van der Waals surface area contributed by atoms with Crippen LogP contribution in [0.2, 0.25) is 0 Å². The van der Waals surface area contributed by atoms with E-state index in [1.54, 1.807) is 36.4 Å². The van der Waals surface area contributed by atoms with Crippen molar-refractivity contribution < 1.29 is 25.2 Å². The average Bonchev–Trinajstić information content (AvgIpc) is 3.11. The van der Waals surface area contributed by atoms with Gasteiger partial charge >= 0.3 is 5.97 Å². The number of rotatable bonds is 9. The van der Waals surface area contributed by atoms with Crippen LogP contribution >= 0.6 is 0 Å². The van der Waals surface area contributed by atoms with E-state index in [2.05, 4.69) is 43.3 Å². The number of benzene rings is 6. The normalized spacial score (nSPS) is 11.3. The fourth-order valence-corrected chi connectivity index (χ4v) is 6.02. The third-order valence-corrected chi connectivity index (χ3v) is 8.57. The lowest BCUT2D eigenvalue weighted by atomic mass is 9.71. The summed E-state index contributed by atoms with van der Waals surface area (Å²) in [5.41, 5.74) is 5.59. The van der Waals surface area contributed by atoms with E-state index in [0.717, 1.165) is 33.8 Å². The average molecular weight is 624 g/mol. The summed E-state index contributed by atoms with van der Waals surface area (Å²) in [6.45, 7) is 2.51. The number of phenolic OH excluding ortho intramolecular Hbond substituents is 2. The van der Waals surface area contributed by atoms with E-state index >= 15 is 0 Å². The predicted molar refractivity (Wildman–Crippen MR) is 185 cm³/mol. The summed E-state index contributed by atoms with van der Waals surface area (Å²) in [7, 11) is 0. The molecule has 0 saturated heterocycles. The number of aliphatic carboxylic acids is 1. The molecule has 0 heterocycles. The highest BCUT2D eigenvalue weighted by Gasteiger charge is 2.36. The molecule has 0 aliphatic heterocycles. The number of quaternary nitrogens is 1. The summed E-state index contributed by atoms with van der Waals surface area (Å²) < 4.78 is 0.384. The van der Waals surface area contributed by atoms with Crippen LogP contribution in [0.4, 0.5) is 17.1 Å². The van der Waals surface area contributed by atoms with Gasteiger partial charge in [0.25, 0.3) is 0 Å². The largest absolute Gasteiger partial charge is 0.872 e. The minimum atomic E-state index is -0.791. The zero-order valence-corrected chi connectivity index (χ0v) is 26.1. The van der Waals surface area contributed by atoms with Gasteiger partial charge in [0.1, 0.15) is 35.1 Å². The molecule has 3 N–H and O–H groups in total. The zero-order valence-electron chi connectivity index (χ0n) is 26.1. The first kappa shape index (κ1) is 32.5. The van der Waals surface area contributed by atoms with Gasteiger partial charge in [-0.1, -0.05) is 103 Å². The SMILES string of the molecule is CC(c1ccc([O-])cc1)(c1ccc(O)cc1)c1ccc(O)cc1.O=C(O)CC[N+](c1ccccc1)(c1ccccc1)c1ccccc1. The topological polar surface area (TPSA) is 101 Å². The standard InChI is InChI=1S/C21H19NO2.C20H18O3/c23-21(24)16-17-22(18-10-4-1-5-11-18,19-12-6-2-7-13-19)20-14-8-3-9-15-20;1-20(14-2-8-17(21)9-3-14,15-4-10-18(22)11-5-15)16-6-12-19(23)13-7-16/h1-15H,16-17H2;2-13,21-23H,1H3. The molecule has 0 fully saturated rings. The Labute approximate surface area is 275 Å². The van der Waals surface area contributed by atoms with Gasteiger partial charge in [-0.15, -0.1) is 5.75 Å². The van der Waals surface area contributed by atoms with Crippen LogP contribution in [0, 0.1) is 0 Å². The van der Waals surface area contributed by atoms with Gasteiger partial charge in [-0.05, 0) is 84.3 Å². The number of nitrogens with zero attached hydrogens (tertiary/aromatic N) is 1. The van der Waals surface area contributed by atoms with Gasteiger partial charge in [-0.25, -0.2) is 4.48 Å². The number of carboxylic acids is 1. The highest BCUT2D eigenvalue weighted by atomic mass is 16.4. The van der Waals surface area contributed by atoms with Gasteiger partial charge < -0.3 is 20.4 Å². The fraction of sp³-hybridized carbons (Fsp3) is 0.0976. The minimum Gasteiger partial charge on any atom is -0.872 e. The molecule has 0 aliphatic rings. The molecule has 6 aromatic carbocycles. The maximum Gasteiger partial charge on any atom is 0.309 e. The summed E-state index contributed by atoms with van der Waals surface area (Å²) >= 11 is 0. The summed E-state index contributed by atoms with van der Waals surface area (Å²) in [6.07, 6.45) is 0.0820. The summed E-state index contributed by atoms with van der Waals surface area (Å²) in [5, 5.41) is 39.9. The number of hydrogen-bond acceptors (Lipinski definition) is 4. The van der Waals surface area contributed by atoms with Gasteiger partial charge in [0.15, 0.2) is 0 Å². The van der Waals surface area contributed by atoms with Crippen LogP contribution in [0.1, 0.15) is 30.0 Å². The van der Waals surface area contributed by atoms with Gasteiger partial charge in [0, 0.05) is 5.41 Å². The van der Waals surface area contributed by atoms with Crippen LogP contribution < -0.4 is 9.59 Å². The number of carbonyl (C=O) groups is 1. The maximum atomic E-state index is 11.4. The highest BCUT2D eigenvalue weighted by molar-refractivity contribution is 5.73. The van der Waals surface area contributed by atoms with Gasteiger partial charge in [0.2, 0.25) is 0 Å². The summed E-state index contributed by atoms with van der Waals surface area (Å²) in [5.74, 6) is -0.416. The Morgan fingerprint density at radius 3 is 1.19 bits per heavy atom. The third-order valence-electron chi connectivity index (χ3n) is 8.57. The maximum absolute atomic E-state index is 11.4. The molecular weight excluding hydrogens is 586 g/mol. The number of carboxylic acid groups (broad SMARTS) is 1. The molecule has 236 valence electrons. The van der Waals surface area contributed by atoms with Crippen molar-refractivity contribution in [1.29, 1.82) is 0 Å². The molecule has 47 heavy (non-hydrogen) atoms. The lowest BCUT2D eigenvalue weighted by Crippen LogP contribution is -2.40. The van der Waals surface area contributed by atoms with Crippen molar-refractivity contribution in [1.82, 2.24) is 4.48 Å². The Balaban J connectivity index is 0.000000185. The molecule has 6 nitrogen and oxygen atoms in total. The van der Waals surface area contributed by atoms with E-state index in [-0.39, 0.29) is 23.7 Å². The second kappa shape index (κ2) is 14.5. The Bertz CT molecular complexity index is 1650. The molecule has 0 amide bonds. The number of para-hydroxylation sites is 3. The molecule has 0 aromatic heterocycles. The van der Waals surface area contributed by atoms with Crippen molar-refractivity contribution in [3.05, 3.63) is 180 Å². The van der Waals surface area contributed by atoms with E-state index < -0.39 is 11.4 Å². The Morgan fingerprint density at radius 2 is 0.872 bits per heavy atom. The van der Waals surface area contributed by atoms with Gasteiger partial charge in [0.05, 0.1) is 6.42 Å². The van der Waals surface area contributed by atoms with Crippen molar-refractivity contribution in [2.24, 2.45) is 0 Å². The molecule has 0 aliphatic carbocycles. The monoisotopic (exact) mass is 623 g/mol. The van der Waals surface area contributed by atoms with Gasteiger partial charge in [-0.2, -0.15) is 0 Å². The first-order chi connectivity index (χ1) is 22.7. The predicted octanol–water partition coefficient (Wildman–Crippen LogP) is 8.66. The zero-order chi connectivity index (χ0) is 33.3. The van der Waals surface area contributed by atoms with Crippen LogP contribution in [0.3, 0.4) is 0 Å². The molecule has 6 heteroatoms. The van der Waals surface area contributed by atoms with Crippen molar-refractivity contribution in [2.45, 2.75) is 18.8 Å². The summed E-state index contributed by atoms with van der Waals surface area (Å²) in [6, 6.07) is 51.1. The van der Waals surface area contributed by atoms with Crippen molar-refractivity contribution in [3.8, 4) is 17.2 Å². The number of aromatic hydroxyl groups is 2. The lowest BCUT2D eigenvalue weighted by molar-refractivity contribution is -0.268. The number of phenols is 2. The first-order valence-electron chi connectivity index (χ1n) is 15.4.